The standard InChI is InChI=1S/C21H23F2N3O4/c1-12(2)15-6-4-5-7-17(15)26(13-10-14(27)11-13)21(28)24-16-8-9-18(29-3)25-19(16)30-20(22)23/h4-9,12-13,20H,10-11H2,1-3H3,(H,24,28). The SMILES string of the molecule is COc1ccc(NC(=O)N(c2ccccc2C(C)C)C2CC(=O)C2)c(OC(F)F)n1. The van der Waals surface area contributed by atoms with Gasteiger partial charge in [0.15, 0.2) is 0 Å². The van der Waals surface area contributed by atoms with Gasteiger partial charge in [-0.15, -0.1) is 0 Å². The maximum atomic E-state index is 13.2. The summed E-state index contributed by atoms with van der Waals surface area (Å²) in [6, 6.07) is 9.33. The van der Waals surface area contributed by atoms with Crippen molar-refractivity contribution in [2.45, 2.75) is 45.3 Å². The highest BCUT2D eigenvalue weighted by molar-refractivity contribution is 6.05. The van der Waals surface area contributed by atoms with Gasteiger partial charge in [0.25, 0.3) is 0 Å². The van der Waals surface area contributed by atoms with E-state index in [0.29, 0.717) is 5.69 Å². The van der Waals surface area contributed by atoms with Crippen molar-refractivity contribution in [3.05, 3.63) is 42.0 Å². The number of methoxy groups -OCH3 is 1. The van der Waals surface area contributed by atoms with Crippen LogP contribution in [0.25, 0.3) is 0 Å². The molecule has 0 atom stereocenters. The molecule has 160 valence electrons. The van der Waals surface area contributed by atoms with Crippen LogP contribution >= 0.6 is 0 Å². The van der Waals surface area contributed by atoms with Crippen molar-refractivity contribution >= 4 is 23.2 Å². The maximum Gasteiger partial charge on any atom is 0.388 e. The number of Topliss-reactive ketones (excluding diaryl/α,β-unsaturated/α-hetero) is 1. The molecular weight excluding hydrogens is 396 g/mol. The second-order valence-corrected chi connectivity index (χ2v) is 7.20. The van der Waals surface area contributed by atoms with Gasteiger partial charge in [0.1, 0.15) is 11.5 Å². The van der Waals surface area contributed by atoms with Crippen LogP contribution in [-0.2, 0) is 4.79 Å². The average molecular weight is 419 g/mol. The van der Waals surface area contributed by atoms with Crippen LogP contribution in [0.1, 0.15) is 38.2 Å². The molecule has 0 spiro atoms. The van der Waals surface area contributed by atoms with Gasteiger partial charge in [0, 0.05) is 24.6 Å². The van der Waals surface area contributed by atoms with Crippen molar-refractivity contribution < 1.29 is 27.8 Å². The Balaban J connectivity index is 1.95. The second kappa shape index (κ2) is 9.06. The molecule has 1 saturated carbocycles. The lowest BCUT2D eigenvalue weighted by atomic mass is 9.88. The topological polar surface area (TPSA) is 80.8 Å². The summed E-state index contributed by atoms with van der Waals surface area (Å²) in [7, 11) is 1.34. The zero-order chi connectivity index (χ0) is 21.8. The number of anilines is 2. The van der Waals surface area contributed by atoms with Crippen LogP contribution in [0.2, 0.25) is 0 Å². The van der Waals surface area contributed by atoms with Gasteiger partial charge >= 0.3 is 12.6 Å². The second-order valence-electron chi connectivity index (χ2n) is 7.20. The van der Waals surface area contributed by atoms with E-state index in [1.54, 1.807) is 6.07 Å². The molecule has 1 aromatic heterocycles. The Bertz CT molecular complexity index is 928. The van der Waals surface area contributed by atoms with Gasteiger partial charge in [0.05, 0.1) is 13.2 Å². The molecule has 7 nitrogen and oxygen atoms in total. The van der Waals surface area contributed by atoms with E-state index in [4.69, 9.17) is 4.74 Å². The first kappa shape index (κ1) is 21.5. The summed E-state index contributed by atoms with van der Waals surface area (Å²) < 4.78 is 35.0. The third-order valence-corrected chi connectivity index (χ3v) is 4.82. The first-order chi connectivity index (χ1) is 14.3. The molecular formula is C21H23F2N3O4. The number of halogens is 2. The Morgan fingerprint density at radius 3 is 2.50 bits per heavy atom. The molecule has 1 aliphatic carbocycles. The minimum Gasteiger partial charge on any atom is -0.481 e. The van der Waals surface area contributed by atoms with Gasteiger partial charge in [-0.3, -0.25) is 9.69 Å². The highest BCUT2D eigenvalue weighted by atomic mass is 19.3. The number of carbonyl (C=O) groups is 2. The third-order valence-electron chi connectivity index (χ3n) is 4.82. The highest BCUT2D eigenvalue weighted by Gasteiger charge is 2.37. The number of amides is 2. The number of rotatable bonds is 7. The lowest BCUT2D eigenvalue weighted by Crippen LogP contribution is -2.50. The van der Waals surface area contributed by atoms with Crippen LogP contribution in [0.3, 0.4) is 0 Å². The number of hydrogen-bond acceptors (Lipinski definition) is 5. The van der Waals surface area contributed by atoms with E-state index in [1.165, 1.54) is 24.1 Å². The Kier molecular flexibility index (Phi) is 6.49. The van der Waals surface area contributed by atoms with E-state index in [-0.39, 0.29) is 42.2 Å². The number of urea groups is 1. The van der Waals surface area contributed by atoms with E-state index >= 15 is 0 Å². The molecule has 1 aliphatic rings. The molecule has 0 unspecified atom stereocenters. The summed E-state index contributed by atoms with van der Waals surface area (Å²) in [6.07, 6.45) is 0.474. The van der Waals surface area contributed by atoms with Crippen molar-refractivity contribution in [3.63, 3.8) is 0 Å². The average Bonchev–Trinajstić information content (AvgIpc) is 2.68. The molecule has 0 saturated heterocycles. The first-order valence-corrected chi connectivity index (χ1v) is 9.50. The lowest BCUT2D eigenvalue weighted by molar-refractivity contribution is -0.124. The number of nitrogens with zero attached hydrogens (tertiary/aromatic N) is 2. The molecule has 9 heteroatoms. The van der Waals surface area contributed by atoms with Crippen LogP contribution in [0.4, 0.5) is 25.0 Å². The minimum atomic E-state index is -3.12. The monoisotopic (exact) mass is 419 g/mol. The van der Waals surface area contributed by atoms with Crippen LogP contribution in [0.15, 0.2) is 36.4 Å². The van der Waals surface area contributed by atoms with E-state index in [1.807, 2.05) is 32.0 Å². The van der Waals surface area contributed by atoms with Gasteiger partial charge in [-0.05, 0) is 23.6 Å². The molecule has 30 heavy (non-hydrogen) atoms. The summed E-state index contributed by atoms with van der Waals surface area (Å²) in [4.78, 5) is 30.2. The predicted molar refractivity (Wildman–Crippen MR) is 107 cm³/mol. The maximum absolute atomic E-state index is 13.2. The molecule has 1 N–H and O–H groups in total. The van der Waals surface area contributed by atoms with Crippen LogP contribution in [0.5, 0.6) is 11.8 Å². The number of aromatic nitrogens is 1. The molecule has 0 bridgehead atoms. The zero-order valence-corrected chi connectivity index (χ0v) is 16.9. The van der Waals surface area contributed by atoms with Crippen molar-refractivity contribution in [3.8, 4) is 11.8 Å². The Morgan fingerprint density at radius 1 is 1.20 bits per heavy atom. The largest absolute Gasteiger partial charge is 0.481 e. The quantitative estimate of drug-likeness (QED) is 0.710. The van der Waals surface area contributed by atoms with Crippen LogP contribution in [0, 0.1) is 0 Å². The van der Waals surface area contributed by atoms with Crippen molar-refractivity contribution in [1.82, 2.24) is 4.98 Å². The summed E-state index contributed by atoms with van der Waals surface area (Å²) in [5.41, 5.74) is 1.57. The van der Waals surface area contributed by atoms with Crippen molar-refractivity contribution in [2.75, 3.05) is 17.3 Å². The predicted octanol–water partition coefficient (Wildman–Crippen LogP) is 4.59. The fourth-order valence-corrected chi connectivity index (χ4v) is 3.30. The van der Waals surface area contributed by atoms with Gasteiger partial charge < -0.3 is 14.8 Å². The first-order valence-electron chi connectivity index (χ1n) is 9.50. The van der Waals surface area contributed by atoms with Crippen molar-refractivity contribution in [2.24, 2.45) is 0 Å². The molecule has 1 heterocycles. The fraction of sp³-hybridized carbons (Fsp3) is 0.381. The van der Waals surface area contributed by atoms with Gasteiger partial charge in [-0.2, -0.15) is 13.8 Å². The zero-order valence-electron chi connectivity index (χ0n) is 16.9. The van der Waals surface area contributed by atoms with E-state index < -0.39 is 18.5 Å². The van der Waals surface area contributed by atoms with Crippen LogP contribution < -0.4 is 19.7 Å². The Morgan fingerprint density at radius 2 is 1.90 bits per heavy atom. The molecule has 3 rings (SSSR count). The number of ether oxygens (including phenoxy) is 2. The van der Waals surface area contributed by atoms with Crippen molar-refractivity contribution in [1.29, 1.82) is 0 Å². The minimum absolute atomic E-state index is 0.0289. The van der Waals surface area contributed by atoms with E-state index in [9.17, 15) is 18.4 Å². The number of nitrogens with one attached hydrogen (secondary N) is 1. The number of pyridine rings is 1. The molecule has 2 amide bonds. The lowest BCUT2D eigenvalue weighted by Gasteiger charge is -2.38. The number of benzene rings is 1. The fourth-order valence-electron chi connectivity index (χ4n) is 3.30. The number of hydrogen-bond donors (Lipinski definition) is 1. The third kappa shape index (κ3) is 4.67. The normalized spacial score (nSPS) is 13.9. The van der Waals surface area contributed by atoms with Gasteiger partial charge in [0.2, 0.25) is 11.8 Å². The van der Waals surface area contributed by atoms with E-state index in [2.05, 4.69) is 15.0 Å². The number of carbonyl (C=O) groups excluding carboxylic acids is 2. The number of alkyl halides is 2. The molecule has 1 fully saturated rings. The highest BCUT2D eigenvalue weighted by Crippen LogP contribution is 2.35. The van der Waals surface area contributed by atoms with Gasteiger partial charge in [-0.1, -0.05) is 32.0 Å². The Labute approximate surface area is 173 Å². The summed E-state index contributed by atoms with van der Waals surface area (Å²) in [5, 5.41) is 2.60. The number of para-hydroxylation sites is 1. The summed E-state index contributed by atoms with van der Waals surface area (Å²) >= 11 is 0. The van der Waals surface area contributed by atoms with Gasteiger partial charge in [-0.25, -0.2) is 4.79 Å². The van der Waals surface area contributed by atoms with E-state index in [0.717, 1.165) is 5.56 Å². The number of ketones is 1. The smallest absolute Gasteiger partial charge is 0.388 e. The molecule has 0 radical (unpaired) electrons. The Hall–Kier alpha value is -3.23. The molecule has 0 aliphatic heterocycles. The summed E-state index contributed by atoms with van der Waals surface area (Å²) in [6.45, 7) is 0.883. The molecule has 2 aromatic rings. The summed E-state index contributed by atoms with van der Waals surface area (Å²) in [5.74, 6) is -0.199. The molecule has 1 aromatic carbocycles. The van der Waals surface area contributed by atoms with Crippen LogP contribution in [-0.4, -0.2) is 36.6 Å².